The number of benzene rings is 2. The van der Waals surface area contributed by atoms with Gasteiger partial charge in [-0.2, -0.15) is 0 Å². The van der Waals surface area contributed by atoms with Gasteiger partial charge in [-0.05, 0) is 49.1 Å². The second kappa shape index (κ2) is 9.01. The fourth-order valence-corrected chi connectivity index (χ4v) is 3.92. The largest absolute Gasteiger partial charge is 0.573 e. The highest BCUT2D eigenvalue weighted by Crippen LogP contribution is 2.50. The number of amides is 1. The minimum absolute atomic E-state index is 0.0540. The summed E-state index contributed by atoms with van der Waals surface area (Å²) in [7, 11) is 0. The Morgan fingerprint density at radius 2 is 1.86 bits per heavy atom. The van der Waals surface area contributed by atoms with Crippen LogP contribution < -0.4 is 10.1 Å². The van der Waals surface area contributed by atoms with E-state index in [1.165, 1.54) is 12.1 Å². The summed E-state index contributed by atoms with van der Waals surface area (Å²) in [5.41, 5.74) is 0.688. The molecule has 1 aliphatic carbocycles. The van der Waals surface area contributed by atoms with Crippen molar-refractivity contribution in [2.45, 2.75) is 38.0 Å². The average Bonchev–Trinajstić information content (AvgIpc) is 3.60. The lowest BCUT2D eigenvalue weighted by molar-refractivity contribution is -0.274. The van der Waals surface area contributed by atoms with Gasteiger partial charge in [0.1, 0.15) is 11.6 Å². The summed E-state index contributed by atoms with van der Waals surface area (Å²) in [5.74, 6) is -3.51. The van der Waals surface area contributed by atoms with E-state index in [1.807, 2.05) is 6.92 Å². The van der Waals surface area contributed by atoms with Gasteiger partial charge in [-0.25, -0.2) is 9.18 Å². The molecule has 0 radical (unpaired) electrons. The maximum Gasteiger partial charge on any atom is 0.573 e. The summed E-state index contributed by atoms with van der Waals surface area (Å²) in [5, 5.41) is 12.3. The number of halogens is 4. The number of carbonyl (C=O) groups excluding carboxylic acids is 1. The first-order valence-electron chi connectivity index (χ1n) is 10.7. The van der Waals surface area contributed by atoms with Crippen LogP contribution in [0, 0.1) is 5.82 Å². The number of ether oxygens (including phenoxy) is 1. The van der Waals surface area contributed by atoms with E-state index in [-0.39, 0.29) is 29.7 Å². The van der Waals surface area contributed by atoms with Gasteiger partial charge >= 0.3 is 12.3 Å². The predicted molar refractivity (Wildman–Crippen MR) is 119 cm³/mol. The summed E-state index contributed by atoms with van der Waals surface area (Å²) in [6.45, 7) is 1.95. The molecule has 1 aromatic heterocycles. The lowest BCUT2D eigenvalue weighted by Gasteiger charge is -2.18. The normalized spacial score (nSPS) is 14.3. The predicted octanol–water partition coefficient (Wildman–Crippen LogP) is 5.72. The molecule has 2 aromatic carbocycles. The molecule has 1 aliphatic rings. The van der Waals surface area contributed by atoms with E-state index >= 15 is 0 Å². The molecule has 1 saturated carbocycles. The summed E-state index contributed by atoms with van der Waals surface area (Å²) in [6, 6.07) is 10.6. The van der Waals surface area contributed by atoms with Gasteiger partial charge in [0.15, 0.2) is 0 Å². The topological polar surface area (TPSA) is 88.5 Å². The number of pyridine rings is 1. The van der Waals surface area contributed by atoms with Crippen molar-refractivity contribution in [1.82, 2.24) is 4.98 Å². The molecule has 0 bridgehead atoms. The van der Waals surface area contributed by atoms with Crippen LogP contribution in [-0.4, -0.2) is 28.3 Å². The Bertz CT molecular complexity index is 1290. The van der Waals surface area contributed by atoms with Crippen LogP contribution in [-0.2, 0) is 16.6 Å². The SMILES string of the molecule is CCc1ccc(-c2ccc(NC(=O)C3(c4ccc(OC(F)(F)F)cc4F)CC3)cc2C(=O)O)cn1. The third-order valence-electron chi connectivity index (χ3n) is 5.88. The zero-order valence-corrected chi connectivity index (χ0v) is 18.4. The van der Waals surface area contributed by atoms with Gasteiger partial charge in [0.25, 0.3) is 0 Å². The van der Waals surface area contributed by atoms with Crippen LogP contribution in [0.25, 0.3) is 11.1 Å². The van der Waals surface area contributed by atoms with Crippen molar-refractivity contribution in [2.75, 3.05) is 5.32 Å². The van der Waals surface area contributed by atoms with Crippen molar-refractivity contribution < 1.29 is 37.0 Å². The van der Waals surface area contributed by atoms with Crippen LogP contribution in [0.3, 0.4) is 0 Å². The van der Waals surface area contributed by atoms with Crippen LogP contribution in [0.5, 0.6) is 5.75 Å². The number of carbonyl (C=O) groups is 2. The zero-order valence-electron chi connectivity index (χ0n) is 18.4. The number of alkyl halides is 3. The number of hydrogen-bond acceptors (Lipinski definition) is 4. The molecule has 0 saturated heterocycles. The second-order valence-corrected chi connectivity index (χ2v) is 8.18. The number of rotatable bonds is 7. The van der Waals surface area contributed by atoms with E-state index < -0.39 is 35.2 Å². The van der Waals surface area contributed by atoms with E-state index in [0.717, 1.165) is 24.2 Å². The molecule has 1 amide bonds. The third kappa shape index (κ3) is 5.11. The fraction of sp³-hybridized carbons (Fsp3) is 0.240. The standard InChI is InChI=1S/C25H20F4N2O4/c1-2-15-4-3-14(13-30-15)18-7-5-16(11-19(18)22(32)33)31-23(34)24(9-10-24)20-8-6-17(12-21(20)26)35-25(27,28)29/h3-8,11-13H,2,9-10H2,1H3,(H,31,34)(H,32,33). The van der Waals surface area contributed by atoms with Crippen molar-refractivity contribution in [1.29, 1.82) is 0 Å². The molecule has 3 aromatic rings. The van der Waals surface area contributed by atoms with Crippen molar-refractivity contribution >= 4 is 17.6 Å². The van der Waals surface area contributed by atoms with E-state index in [9.17, 15) is 32.3 Å². The molecule has 0 aliphatic heterocycles. The lowest BCUT2D eigenvalue weighted by Crippen LogP contribution is -2.29. The monoisotopic (exact) mass is 488 g/mol. The highest BCUT2D eigenvalue weighted by Gasteiger charge is 2.53. The van der Waals surface area contributed by atoms with Crippen LogP contribution in [0.4, 0.5) is 23.2 Å². The summed E-state index contributed by atoms with van der Waals surface area (Å²) in [4.78, 5) is 29.2. The van der Waals surface area contributed by atoms with Gasteiger partial charge in [-0.3, -0.25) is 9.78 Å². The highest BCUT2D eigenvalue weighted by molar-refractivity contribution is 6.03. The first-order chi connectivity index (χ1) is 16.5. The Hall–Kier alpha value is -3.95. The first kappa shape index (κ1) is 24.2. The molecule has 1 heterocycles. The number of hydrogen-bond donors (Lipinski definition) is 2. The number of carboxylic acids is 1. The van der Waals surface area contributed by atoms with E-state index in [2.05, 4.69) is 15.0 Å². The Balaban J connectivity index is 1.58. The number of aromatic nitrogens is 1. The average molecular weight is 488 g/mol. The van der Waals surface area contributed by atoms with Crippen molar-refractivity contribution in [3.8, 4) is 16.9 Å². The number of aryl methyl sites for hydroxylation is 1. The zero-order chi connectivity index (χ0) is 25.4. The number of nitrogens with zero attached hydrogens (tertiary/aromatic N) is 1. The van der Waals surface area contributed by atoms with E-state index in [1.54, 1.807) is 24.4 Å². The van der Waals surface area contributed by atoms with Gasteiger partial charge in [0, 0.05) is 34.8 Å². The molecule has 0 atom stereocenters. The number of anilines is 1. The molecule has 0 unspecified atom stereocenters. The van der Waals surface area contributed by atoms with Gasteiger partial charge in [0.05, 0.1) is 11.0 Å². The maximum atomic E-state index is 14.6. The molecule has 10 heteroatoms. The maximum absolute atomic E-state index is 14.6. The van der Waals surface area contributed by atoms with Crippen LogP contribution in [0.1, 0.15) is 41.4 Å². The van der Waals surface area contributed by atoms with Crippen LogP contribution in [0.2, 0.25) is 0 Å². The molecule has 182 valence electrons. The Morgan fingerprint density at radius 3 is 2.40 bits per heavy atom. The molecular weight excluding hydrogens is 468 g/mol. The smallest absolute Gasteiger partial charge is 0.478 e. The second-order valence-electron chi connectivity index (χ2n) is 8.18. The molecule has 6 nitrogen and oxygen atoms in total. The Morgan fingerprint density at radius 1 is 1.11 bits per heavy atom. The minimum Gasteiger partial charge on any atom is -0.478 e. The number of aromatic carboxylic acids is 1. The molecular formula is C25H20F4N2O4. The fourth-order valence-electron chi connectivity index (χ4n) is 3.92. The van der Waals surface area contributed by atoms with Crippen molar-refractivity contribution in [3.63, 3.8) is 0 Å². The van der Waals surface area contributed by atoms with Crippen LogP contribution in [0.15, 0.2) is 54.7 Å². The quantitative estimate of drug-likeness (QED) is 0.416. The van der Waals surface area contributed by atoms with Gasteiger partial charge in [-0.1, -0.05) is 25.1 Å². The summed E-state index contributed by atoms with van der Waals surface area (Å²) >= 11 is 0. The third-order valence-corrected chi connectivity index (χ3v) is 5.88. The molecule has 4 rings (SSSR count). The Kier molecular flexibility index (Phi) is 6.23. The number of carboxylic acid groups (broad SMARTS) is 1. The molecule has 1 fully saturated rings. The minimum atomic E-state index is -4.97. The first-order valence-corrected chi connectivity index (χ1v) is 10.7. The summed E-state index contributed by atoms with van der Waals surface area (Å²) in [6.07, 6.45) is -2.09. The van der Waals surface area contributed by atoms with E-state index in [4.69, 9.17) is 0 Å². The van der Waals surface area contributed by atoms with Crippen molar-refractivity contribution in [2.24, 2.45) is 0 Å². The highest BCUT2D eigenvalue weighted by atomic mass is 19.4. The molecule has 0 spiro atoms. The van der Waals surface area contributed by atoms with E-state index in [0.29, 0.717) is 17.2 Å². The van der Waals surface area contributed by atoms with Crippen molar-refractivity contribution in [3.05, 3.63) is 77.4 Å². The van der Waals surface area contributed by atoms with Crippen LogP contribution >= 0.6 is 0 Å². The molecule has 2 N–H and O–H groups in total. The lowest BCUT2D eigenvalue weighted by atomic mass is 9.93. The Labute approximate surface area is 197 Å². The van der Waals surface area contributed by atoms with Gasteiger partial charge in [0.2, 0.25) is 5.91 Å². The van der Waals surface area contributed by atoms with Gasteiger partial charge in [-0.15, -0.1) is 13.2 Å². The van der Waals surface area contributed by atoms with Gasteiger partial charge < -0.3 is 15.2 Å². The molecule has 35 heavy (non-hydrogen) atoms. The summed E-state index contributed by atoms with van der Waals surface area (Å²) < 4.78 is 55.5. The number of nitrogens with one attached hydrogen (secondary N) is 1.